The normalized spacial score (nSPS) is 21.6. The lowest BCUT2D eigenvalue weighted by atomic mass is 10.1. The average Bonchev–Trinajstić information content (AvgIpc) is 3.09. The first-order valence-electron chi connectivity index (χ1n) is 6.02. The first kappa shape index (κ1) is 11.4. The zero-order valence-electron chi connectivity index (χ0n) is 10.1. The molecular weight excluding hydrogens is 244 g/mol. The van der Waals surface area contributed by atoms with Crippen molar-refractivity contribution in [3.8, 4) is 0 Å². The average molecular weight is 258 g/mol. The fourth-order valence-electron chi connectivity index (χ4n) is 2.16. The van der Waals surface area contributed by atoms with E-state index in [1.165, 1.54) is 16.9 Å². The number of carbonyl (C=O) groups excluding carboxylic acids is 1. The van der Waals surface area contributed by atoms with Gasteiger partial charge in [-0.2, -0.15) is 0 Å². The fourth-order valence-corrected chi connectivity index (χ4v) is 2.85. The zero-order valence-corrected chi connectivity index (χ0v) is 10.9. The molecule has 0 aliphatic heterocycles. The Morgan fingerprint density at radius 1 is 1.39 bits per heavy atom. The number of nitrogens with one attached hydrogen (secondary N) is 1. The minimum Gasteiger partial charge on any atom is -0.302 e. The number of hydrogen-bond donors (Lipinski definition) is 1. The summed E-state index contributed by atoms with van der Waals surface area (Å²) in [6, 6.07) is 10.2. The first-order valence-corrected chi connectivity index (χ1v) is 6.90. The van der Waals surface area contributed by atoms with Crippen molar-refractivity contribution < 1.29 is 4.79 Å². The Kier molecular flexibility index (Phi) is 2.88. The van der Waals surface area contributed by atoms with E-state index in [2.05, 4.69) is 22.4 Å². The van der Waals surface area contributed by atoms with Gasteiger partial charge >= 0.3 is 0 Å². The minimum absolute atomic E-state index is 0.0956. The molecule has 92 valence electrons. The zero-order chi connectivity index (χ0) is 12.5. The smallest absolute Gasteiger partial charge is 0.229 e. The Morgan fingerprint density at radius 2 is 2.17 bits per heavy atom. The van der Waals surface area contributed by atoms with E-state index in [1.807, 2.05) is 30.5 Å². The van der Waals surface area contributed by atoms with Gasteiger partial charge in [0.1, 0.15) is 0 Å². The number of nitrogens with zero attached hydrogens (tertiary/aromatic N) is 1. The van der Waals surface area contributed by atoms with Crippen LogP contribution in [-0.2, 0) is 4.79 Å². The summed E-state index contributed by atoms with van der Waals surface area (Å²) in [7, 11) is 0. The van der Waals surface area contributed by atoms with Crippen LogP contribution in [0.3, 0.4) is 0 Å². The second-order valence-electron chi connectivity index (χ2n) is 4.64. The quantitative estimate of drug-likeness (QED) is 0.918. The molecule has 0 saturated heterocycles. The number of carbonyl (C=O) groups is 1. The van der Waals surface area contributed by atoms with Gasteiger partial charge in [-0.1, -0.05) is 30.3 Å². The van der Waals surface area contributed by atoms with Crippen molar-refractivity contribution >= 4 is 22.4 Å². The molecule has 2 aromatic rings. The number of aromatic nitrogens is 1. The van der Waals surface area contributed by atoms with Crippen LogP contribution in [0.1, 0.15) is 23.6 Å². The van der Waals surface area contributed by atoms with E-state index < -0.39 is 0 Å². The third-order valence-electron chi connectivity index (χ3n) is 3.20. The summed E-state index contributed by atoms with van der Waals surface area (Å²) in [5.41, 5.74) is 2.21. The topological polar surface area (TPSA) is 42.0 Å². The summed E-state index contributed by atoms with van der Waals surface area (Å²) >= 11 is 1.48. The van der Waals surface area contributed by atoms with Gasteiger partial charge < -0.3 is 5.32 Å². The number of amides is 1. The van der Waals surface area contributed by atoms with Crippen LogP contribution < -0.4 is 5.32 Å². The van der Waals surface area contributed by atoms with Crippen molar-refractivity contribution in [1.82, 2.24) is 4.98 Å². The molecule has 1 amide bonds. The molecule has 4 heteroatoms. The van der Waals surface area contributed by atoms with E-state index in [0.717, 1.165) is 12.1 Å². The molecule has 1 aliphatic carbocycles. The largest absolute Gasteiger partial charge is 0.302 e. The second-order valence-corrected chi connectivity index (χ2v) is 5.50. The Bertz CT molecular complexity index is 564. The van der Waals surface area contributed by atoms with Crippen molar-refractivity contribution in [2.45, 2.75) is 19.3 Å². The first-order chi connectivity index (χ1) is 8.74. The summed E-state index contributed by atoms with van der Waals surface area (Å²) < 4.78 is 0. The molecule has 3 nitrogen and oxygen atoms in total. The van der Waals surface area contributed by atoms with Gasteiger partial charge in [0.25, 0.3) is 0 Å². The van der Waals surface area contributed by atoms with Gasteiger partial charge in [-0.15, -0.1) is 11.3 Å². The third-order valence-corrected chi connectivity index (χ3v) is 4.08. The molecule has 1 aromatic heterocycles. The molecule has 2 atom stereocenters. The molecule has 1 saturated carbocycles. The second kappa shape index (κ2) is 4.53. The summed E-state index contributed by atoms with van der Waals surface area (Å²) in [6.07, 6.45) is 0.945. The maximum absolute atomic E-state index is 12.0. The van der Waals surface area contributed by atoms with E-state index in [4.69, 9.17) is 0 Å². The molecule has 0 radical (unpaired) electrons. The Morgan fingerprint density at radius 3 is 2.83 bits per heavy atom. The van der Waals surface area contributed by atoms with Gasteiger partial charge in [-0.05, 0) is 24.8 Å². The molecule has 1 aliphatic rings. The van der Waals surface area contributed by atoms with Crippen LogP contribution in [0.2, 0.25) is 0 Å². The Hall–Kier alpha value is -1.68. The number of hydrogen-bond acceptors (Lipinski definition) is 3. The van der Waals surface area contributed by atoms with E-state index >= 15 is 0 Å². The van der Waals surface area contributed by atoms with Crippen molar-refractivity contribution in [1.29, 1.82) is 0 Å². The number of thiazole rings is 1. The van der Waals surface area contributed by atoms with E-state index in [0.29, 0.717) is 11.0 Å². The molecule has 1 aromatic carbocycles. The molecule has 3 rings (SSSR count). The molecule has 0 unspecified atom stereocenters. The highest BCUT2D eigenvalue weighted by atomic mass is 32.1. The highest BCUT2D eigenvalue weighted by molar-refractivity contribution is 7.13. The Balaban J connectivity index is 1.63. The Labute approximate surface area is 110 Å². The fraction of sp³-hybridized carbons (Fsp3) is 0.286. The predicted molar refractivity (Wildman–Crippen MR) is 72.8 cm³/mol. The van der Waals surface area contributed by atoms with Crippen LogP contribution in [0, 0.1) is 12.8 Å². The van der Waals surface area contributed by atoms with Crippen molar-refractivity contribution in [2.24, 2.45) is 5.92 Å². The van der Waals surface area contributed by atoms with E-state index in [-0.39, 0.29) is 11.8 Å². The number of rotatable bonds is 3. The summed E-state index contributed by atoms with van der Waals surface area (Å²) in [5, 5.41) is 5.54. The molecule has 1 fully saturated rings. The third kappa shape index (κ3) is 2.29. The summed E-state index contributed by atoms with van der Waals surface area (Å²) in [6.45, 7) is 1.93. The lowest BCUT2D eigenvalue weighted by Gasteiger charge is -2.01. The van der Waals surface area contributed by atoms with Crippen LogP contribution in [-0.4, -0.2) is 10.9 Å². The van der Waals surface area contributed by atoms with Crippen LogP contribution in [0.4, 0.5) is 5.13 Å². The van der Waals surface area contributed by atoms with Gasteiger partial charge in [0.15, 0.2) is 5.13 Å². The molecule has 0 bridgehead atoms. The lowest BCUT2D eigenvalue weighted by molar-refractivity contribution is -0.117. The highest BCUT2D eigenvalue weighted by Crippen LogP contribution is 2.47. The molecular formula is C14H14N2OS. The predicted octanol–water partition coefficient (Wildman–Crippen LogP) is 3.19. The van der Waals surface area contributed by atoms with Crippen molar-refractivity contribution in [3.05, 3.63) is 47.0 Å². The SMILES string of the molecule is Cc1csc(NC(=O)[C@H]2C[C@@H]2c2ccccc2)n1. The van der Waals surface area contributed by atoms with Gasteiger partial charge in [0.05, 0.1) is 5.69 Å². The van der Waals surface area contributed by atoms with Crippen LogP contribution in [0.15, 0.2) is 35.7 Å². The lowest BCUT2D eigenvalue weighted by Crippen LogP contribution is -2.14. The maximum atomic E-state index is 12.0. The molecule has 1 N–H and O–H groups in total. The van der Waals surface area contributed by atoms with Gasteiger partial charge in [-0.25, -0.2) is 4.98 Å². The molecule has 0 spiro atoms. The maximum Gasteiger partial charge on any atom is 0.229 e. The summed E-state index contributed by atoms with van der Waals surface area (Å²) in [4.78, 5) is 16.3. The molecule has 18 heavy (non-hydrogen) atoms. The molecule has 1 heterocycles. The van der Waals surface area contributed by atoms with Gasteiger partial charge in [-0.3, -0.25) is 4.79 Å². The monoisotopic (exact) mass is 258 g/mol. The van der Waals surface area contributed by atoms with Crippen LogP contribution in [0.25, 0.3) is 0 Å². The number of benzene rings is 1. The number of anilines is 1. The van der Waals surface area contributed by atoms with Crippen molar-refractivity contribution in [2.75, 3.05) is 5.32 Å². The van der Waals surface area contributed by atoms with Crippen LogP contribution in [0.5, 0.6) is 0 Å². The van der Waals surface area contributed by atoms with Crippen molar-refractivity contribution in [3.63, 3.8) is 0 Å². The standard InChI is InChI=1S/C14H14N2OS/c1-9-8-18-14(15-9)16-13(17)12-7-11(12)10-5-3-2-4-6-10/h2-6,8,11-12H,7H2,1H3,(H,15,16,17)/t11-,12+/m1/s1. The minimum atomic E-state index is 0.0956. The summed E-state index contributed by atoms with van der Waals surface area (Å²) in [5.74, 6) is 0.585. The van der Waals surface area contributed by atoms with Crippen LogP contribution >= 0.6 is 11.3 Å². The highest BCUT2D eigenvalue weighted by Gasteiger charge is 2.43. The van der Waals surface area contributed by atoms with Gasteiger partial charge in [0.2, 0.25) is 5.91 Å². The van der Waals surface area contributed by atoms with Gasteiger partial charge in [0, 0.05) is 11.3 Å². The number of aryl methyl sites for hydroxylation is 1. The van der Waals surface area contributed by atoms with E-state index in [1.54, 1.807) is 0 Å². The van der Waals surface area contributed by atoms with E-state index in [9.17, 15) is 4.79 Å².